The summed E-state index contributed by atoms with van der Waals surface area (Å²) in [5.41, 5.74) is 5.17. The Bertz CT molecular complexity index is 1030. The normalized spacial score (nSPS) is 10.9. The molecule has 7 nitrogen and oxygen atoms in total. The maximum atomic E-state index is 12.5. The minimum atomic E-state index is -0.0388. The number of carbonyl (C=O) groups excluding carboxylic acids is 1. The molecule has 7 heteroatoms. The van der Waals surface area contributed by atoms with Crippen LogP contribution >= 0.6 is 0 Å². The number of carbonyl (C=O) groups is 1. The summed E-state index contributed by atoms with van der Waals surface area (Å²) in [5.74, 6) is 1.27. The number of benzene rings is 2. The average molecular weight is 423 g/mol. The largest absolute Gasteiger partial charge is 0.493 e. The molecule has 0 spiro atoms. The van der Waals surface area contributed by atoms with Crippen LogP contribution < -0.4 is 14.8 Å². The van der Waals surface area contributed by atoms with E-state index < -0.39 is 0 Å². The third-order valence-corrected chi connectivity index (χ3v) is 5.22. The Morgan fingerprint density at radius 1 is 1.06 bits per heavy atom. The highest BCUT2D eigenvalue weighted by Gasteiger charge is 2.16. The highest BCUT2D eigenvalue weighted by atomic mass is 16.5. The van der Waals surface area contributed by atoms with Crippen LogP contribution in [0, 0.1) is 13.8 Å². The summed E-state index contributed by atoms with van der Waals surface area (Å²) in [5, 5.41) is 7.65. The Balaban J connectivity index is 1.58. The predicted molar refractivity (Wildman–Crippen MR) is 121 cm³/mol. The van der Waals surface area contributed by atoms with E-state index in [1.54, 1.807) is 14.2 Å². The van der Waals surface area contributed by atoms with E-state index in [9.17, 15) is 4.79 Å². The van der Waals surface area contributed by atoms with Crippen LogP contribution in [0.25, 0.3) is 5.69 Å². The van der Waals surface area contributed by atoms with Gasteiger partial charge in [0.1, 0.15) is 0 Å². The summed E-state index contributed by atoms with van der Waals surface area (Å²) in [6, 6.07) is 15.7. The van der Waals surface area contributed by atoms with Gasteiger partial charge in [0.05, 0.1) is 32.1 Å². The number of ether oxygens (including phenoxy) is 2. The van der Waals surface area contributed by atoms with Crippen molar-refractivity contribution in [1.82, 2.24) is 20.0 Å². The highest BCUT2D eigenvalue weighted by Crippen LogP contribution is 2.27. The van der Waals surface area contributed by atoms with Gasteiger partial charge in [-0.3, -0.25) is 9.69 Å². The van der Waals surface area contributed by atoms with Gasteiger partial charge in [-0.1, -0.05) is 24.3 Å². The number of methoxy groups -OCH3 is 2. The van der Waals surface area contributed by atoms with E-state index in [4.69, 9.17) is 9.47 Å². The molecule has 0 fully saturated rings. The second-order valence-electron chi connectivity index (χ2n) is 7.54. The zero-order valence-corrected chi connectivity index (χ0v) is 18.8. The summed E-state index contributed by atoms with van der Waals surface area (Å²) in [6.07, 6.45) is 0. The van der Waals surface area contributed by atoms with Crippen LogP contribution in [0.2, 0.25) is 0 Å². The number of likely N-dealkylation sites (N-methyl/N-ethyl adjacent to an activating group) is 1. The first-order valence-corrected chi connectivity index (χ1v) is 10.2. The van der Waals surface area contributed by atoms with Gasteiger partial charge in [-0.15, -0.1) is 0 Å². The molecule has 31 heavy (non-hydrogen) atoms. The van der Waals surface area contributed by atoms with Crippen molar-refractivity contribution in [2.24, 2.45) is 0 Å². The molecule has 0 aliphatic rings. The topological polar surface area (TPSA) is 68.6 Å². The monoisotopic (exact) mass is 422 g/mol. The number of aryl methyl sites for hydroxylation is 1. The van der Waals surface area contributed by atoms with Gasteiger partial charge >= 0.3 is 0 Å². The summed E-state index contributed by atoms with van der Waals surface area (Å²) in [6.45, 7) is 5.44. The molecule has 3 rings (SSSR count). The van der Waals surface area contributed by atoms with Gasteiger partial charge in [-0.05, 0) is 50.7 Å². The molecule has 1 amide bonds. The van der Waals surface area contributed by atoms with E-state index in [1.165, 1.54) is 0 Å². The Morgan fingerprint density at radius 3 is 2.45 bits per heavy atom. The van der Waals surface area contributed by atoms with Crippen molar-refractivity contribution < 1.29 is 14.3 Å². The van der Waals surface area contributed by atoms with Crippen LogP contribution in [0.1, 0.15) is 22.5 Å². The third-order valence-electron chi connectivity index (χ3n) is 5.22. The highest BCUT2D eigenvalue weighted by molar-refractivity contribution is 5.78. The lowest BCUT2D eigenvalue weighted by atomic mass is 10.2. The zero-order chi connectivity index (χ0) is 22.4. The Hall–Kier alpha value is -3.32. The average Bonchev–Trinajstić information content (AvgIpc) is 3.06. The SMILES string of the molecule is COc1ccc(CNC(=O)CN(C)Cc2c(C)nn(-c3ccccc3)c2C)cc1OC. The lowest BCUT2D eigenvalue weighted by Crippen LogP contribution is -2.34. The van der Waals surface area contributed by atoms with Crippen molar-refractivity contribution in [1.29, 1.82) is 0 Å². The second kappa shape index (κ2) is 10.1. The molecule has 164 valence electrons. The molecule has 3 aromatic rings. The van der Waals surface area contributed by atoms with E-state index in [1.807, 2.05) is 72.1 Å². The van der Waals surface area contributed by atoms with Crippen LogP contribution in [0.4, 0.5) is 0 Å². The maximum Gasteiger partial charge on any atom is 0.234 e. The van der Waals surface area contributed by atoms with E-state index in [0.717, 1.165) is 28.2 Å². The molecule has 0 aliphatic heterocycles. The van der Waals surface area contributed by atoms with Crippen molar-refractivity contribution >= 4 is 5.91 Å². The molecule has 0 unspecified atom stereocenters. The van der Waals surface area contributed by atoms with Crippen LogP contribution in [0.15, 0.2) is 48.5 Å². The molecule has 0 bridgehead atoms. The molecule has 0 radical (unpaired) electrons. The fraction of sp³-hybridized carbons (Fsp3) is 0.333. The smallest absolute Gasteiger partial charge is 0.234 e. The van der Waals surface area contributed by atoms with Crippen LogP contribution in [0.5, 0.6) is 11.5 Å². The molecule has 1 aromatic heterocycles. The Labute approximate surface area is 183 Å². The van der Waals surface area contributed by atoms with Crippen LogP contribution in [0.3, 0.4) is 0 Å². The number of rotatable bonds is 9. The summed E-state index contributed by atoms with van der Waals surface area (Å²) in [4.78, 5) is 14.5. The third kappa shape index (κ3) is 5.44. The molecule has 2 aromatic carbocycles. The van der Waals surface area contributed by atoms with Gasteiger partial charge < -0.3 is 14.8 Å². The van der Waals surface area contributed by atoms with Gasteiger partial charge in [-0.25, -0.2) is 4.68 Å². The first-order chi connectivity index (χ1) is 14.9. The van der Waals surface area contributed by atoms with Gasteiger partial charge in [0.25, 0.3) is 0 Å². The van der Waals surface area contributed by atoms with Crippen molar-refractivity contribution in [2.75, 3.05) is 27.8 Å². The molecule has 1 heterocycles. The minimum Gasteiger partial charge on any atom is -0.493 e. The molecule has 0 atom stereocenters. The summed E-state index contributed by atoms with van der Waals surface area (Å²) < 4.78 is 12.5. The van der Waals surface area contributed by atoms with Crippen molar-refractivity contribution in [3.8, 4) is 17.2 Å². The zero-order valence-electron chi connectivity index (χ0n) is 18.8. The molecular formula is C24H30N4O3. The Kier molecular flexibility index (Phi) is 7.31. The van der Waals surface area contributed by atoms with Gasteiger partial charge in [0.15, 0.2) is 11.5 Å². The molecular weight excluding hydrogens is 392 g/mol. The first kappa shape index (κ1) is 22.4. The predicted octanol–water partition coefficient (Wildman–Crippen LogP) is 3.25. The van der Waals surface area contributed by atoms with E-state index in [2.05, 4.69) is 17.3 Å². The quantitative estimate of drug-likeness (QED) is 0.573. The maximum absolute atomic E-state index is 12.5. The number of aromatic nitrogens is 2. The number of amides is 1. The van der Waals surface area contributed by atoms with Crippen molar-refractivity contribution in [3.05, 3.63) is 71.0 Å². The molecule has 1 N–H and O–H groups in total. The number of nitrogens with one attached hydrogen (secondary N) is 1. The number of para-hydroxylation sites is 1. The molecule has 0 saturated heterocycles. The molecule has 0 aliphatic carbocycles. The summed E-state index contributed by atoms with van der Waals surface area (Å²) >= 11 is 0. The van der Waals surface area contributed by atoms with E-state index >= 15 is 0 Å². The fourth-order valence-corrected chi connectivity index (χ4v) is 3.54. The molecule has 0 saturated carbocycles. The second-order valence-corrected chi connectivity index (χ2v) is 7.54. The van der Waals surface area contributed by atoms with Gasteiger partial charge in [0.2, 0.25) is 5.91 Å². The van der Waals surface area contributed by atoms with Gasteiger partial charge in [0, 0.05) is 24.3 Å². The minimum absolute atomic E-state index is 0.0388. The van der Waals surface area contributed by atoms with Crippen molar-refractivity contribution in [3.63, 3.8) is 0 Å². The summed E-state index contributed by atoms with van der Waals surface area (Å²) in [7, 11) is 5.13. The standard InChI is InChI=1S/C24H30N4O3/c1-17-21(18(2)28(26-17)20-9-7-6-8-10-20)15-27(3)16-24(29)25-14-19-11-12-22(30-4)23(13-19)31-5/h6-13H,14-16H2,1-5H3,(H,25,29). The van der Waals surface area contributed by atoms with Gasteiger partial charge in [-0.2, -0.15) is 5.10 Å². The lowest BCUT2D eigenvalue weighted by Gasteiger charge is -2.17. The fourth-order valence-electron chi connectivity index (χ4n) is 3.54. The lowest BCUT2D eigenvalue weighted by molar-refractivity contribution is -0.122. The van der Waals surface area contributed by atoms with E-state index in [0.29, 0.717) is 31.1 Å². The van der Waals surface area contributed by atoms with E-state index in [-0.39, 0.29) is 5.91 Å². The van der Waals surface area contributed by atoms with Crippen LogP contribution in [-0.4, -0.2) is 48.4 Å². The first-order valence-electron chi connectivity index (χ1n) is 10.2. The number of hydrogen-bond donors (Lipinski definition) is 1. The number of hydrogen-bond acceptors (Lipinski definition) is 5. The Morgan fingerprint density at radius 2 is 1.77 bits per heavy atom. The van der Waals surface area contributed by atoms with Crippen molar-refractivity contribution in [2.45, 2.75) is 26.9 Å². The number of nitrogens with zero attached hydrogens (tertiary/aromatic N) is 3. The van der Waals surface area contributed by atoms with Crippen LogP contribution in [-0.2, 0) is 17.9 Å².